The van der Waals surface area contributed by atoms with Crippen LogP contribution in [-0.4, -0.2) is 82.5 Å². The van der Waals surface area contributed by atoms with Gasteiger partial charge in [0.2, 0.25) is 5.78 Å². The van der Waals surface area contributed by atoms with Crippen molar-refractivity contribution in [3.8, 4) is 11.5 Å². The normalized spacial score (nSPS) is 27.3. The Morgan fingerprint density at radius 2 is 1.79 bits per heavy atom. The molecule has 17 heteroatoms. The summed E-state index contributed by atoms with van der Waals surface area (Å²) in [6.07, 6.45) is -0.626. The zero-order valence-electron chi connectivity index (χ0n) is 20.1. The molecular weight excluding hydrogens is 555 g/mol. The molecule has 4 rings (SSSR count). The Kier molecular flexibility index (Phi) is 6.21. The van der Waals surface area contributed by atoms with Crippen molar-refractivity contribution in [3.63, 3.8) is 0 Å². The summed E-state index contributed by atoms with van der Waals surface area (Å²) in [4.78, 5) is 39.9. The minimum atomic E-state index is -6.20. The van der Waals surface area contributed by atoms with Crippen LogP contribution < -0.4 is 15.7 Å². The van der Waals surface area contributed by atoms with Gasteiger partial charge >= 0.3 is 15.6 Å². The molecule has 0 heterocycles. The third-order valence-corrected chi connectivity index (χ3v) is 8.16. The molecule has 0 saturated heterocycles. The van der Waals surface area contributed by atoms with Crippen LogP contribution >= 0.6 is 0 Å². The van der Waals surface area contributed by atoms with E-state index in [0.29, 0.717) is 0 Å². The molecule has 0 fully saturated rings. The van der Waals surface area contributed by atoms with E-state index >= 15 is 0 Å². The first kappa shape index (κ1) is 28.2. The standard InChI is InChI=1S/C22H22F3N3O10S/c1-28(2)14-8-4-6-3-7-5-9(38-39(36,37)22(23,24)25)13(26)16(30)10(7)15(29)11(6)18(32)21(8,35)19(33)12(17(14)31)20(27)34/h5-6,8,14,30-32,35H,3-4,26H2,1-2H3,(H2,27,34). The SMILES string of the molecule is CN(C)C1C(O)=C(C(N)=O)C(=O)C2(O)C(O)=C3C(=O)c4c(cc(OS(=O)(=O)C(F)(F)F)c(N)c4O)CC3CC12. The number of aliphatic hydroxyl groups is 3. The number of rotatable bonds is 4. The van der Waals surface area contributed by atoms with Gasteiger partial charge in [-0.25, -0.2) is 0 Å². The molecule has 0 aromatic heterocycles. The molecule has 4 unspecified atom stereocenters. The Hall–Kier alpha value is -3.83. The van der Waals surface area contributed by atoms with E-state index in [9.17, 15) is 56.4 Å². The molecule has 1 amide bonds. The van der Waals surface area contributed by atoms with Gasteiger partial charge in [0, 0.05) is 11.5 Å². The molecule has 0 saturated carbocycles. The Balaban J connectivity index is 1.90. The molecule has 1 aromatic rings. The van der Waals surface area contributed by atoms with Gasteiger partial charge in [-0.2, -0.15) is 21.6 Å². The smallest absolute Gasteiger partial charge is 0.510 e. The lowest BCUT2D eigenvalue weighted by atomic mass is 9.58. The third kappa shape index (κ3) is 3.82. The molecule has 39 heavy (non-hydrogen) atoms. The highest BCUT2D eigenvalue weighted by atomic mass is 32.2. The van der Waals surface area contributed by atoms with Crippen LogP contribution in [0.1, 0.15) is 22.3 Å². The summed E-state index contributed by atoms with van der Waals surface area (Å²) in [5.41, 5.74) is -1.33. The van der Waals surface area contributed by atoms with Crippen molar-refractivity contribution in [1.82, 2.24) is 4.90 Å². The molecular formula is C22H22F3N3O10S. The molecule has 0 spiro atoms. The van der Waals surface area contributed by atoms with Crippen LogP contribution in [-0.2, 0) is 26.1 Å². The van der Waals surface area contributed by atoms with Crippen molar-refractivity contribution < 1.29 is 60.6 Å². The molecule has 3 aliphatic carbocycles. The molecule has 13 nitrogen and oxygen atoms in total. The molecule has 8 N–H and O–H groups in total. The van der Waals surface area contributed by atoms with Crippen LogP contribution in [0.5, 0.6) is 11.5 Å². The predicted octanol–water partition coefficient (Wildman–Crippen LogP) is -0.0688. The number of amides is 1. The number of aromatic hydroxyl groups is 1. The molecule has 0 bridgehead atoms. The van der Waals surface area contributed by atoms with Crippen LogP contribution in [0.4, 0.5) is 18.9 Å². The number of nitrogens with two attached hydrogens (primary N) is 2. The predicted molar refractivity (Wildman–Crippen MR) is 124 cm³/mol. The first-order valence-corrected chi connectivity index (χ1v) is 12.5. The number of likely N-dealkylation sites (N-methyl/N-ethyl adjacent to an activating group) is 1. The monoisotopic (exact) mass is 577 g/mol. The number of primary amides is 1. The van der Waals surface area contributed by atoms with Gasteiger partial charge in [0.25, 0.3) is 5.91 Å². The summed E-state index contributed by atoms with van der Waals surface area (Å²) >= 11 is 0. The van der Waals surface area contributed by atoms with Crippen LogP contribution in [0.15, 0.2) is 28.7 Å². The minimum absolute atomic E-state index is 0.202. The molecule has 0 aliphatic heterocycles. The summed E-state index contributed by atoms with van der Waals surface area (Å²) in [6, 6.07) is -0.538. The number of fused-ring (bicyclic) bond motifs is 3. The van der Waals surface area contributed by atoms with E-state index in [0.717, 1.165) is 6.07 Å². The molecule has 0 radical (unpaired) electrons. The zero-order chi connectivity index (χ0) is 29.6. The van der Waals surface area contributed by atoms with Crippen molar-refractivity contribution in [2.75, 3.05) is 19.8 Å². The fraction of sp³-hybridized carbons (Fsp3) is 0.409. The van der Waals surface area contributed by atoms with Gasteiger partial charge in [0.1, 0.15) is 22.8 Å². The van der Waals surface area contributed by atoms with E-state index in [2.05, 4.69) is 4.18 Å². The Bertz CT molecular complexity index is 1520. The average Bonchev–Trinajstić information content (AvgIpc) is 2.78. The Labute approximate surface area is 217 Å². The van der Waals surface area contributed by atoms with Gasteiger partial charge in [0.15, 0.2) is 22.9 Å². The zero-order valence-corrected chi connectivity index (χ0v) is 20.9. The topological polar surface area (TPSA) is 231 Å². The number of nitrogens with zero attached hydrogens (tertiary/aromatic N) is 1. The fourth-order valence-electron chi connectivity index (χ4n) is 5.53. The van der Waals surface area contributed by atoms with Gasteiger partial charge in [-0.1, -0.05) is 0 Å². The number of halogens is 3. The lowest BCUT2D eigenvalue weighted by molar-refractivity contribution is -0.148. The number of phenolic OH excluding ortho intramolecular Hbond substituents is 1. The molecule has 4 atom stereocenters. The molecule has 1 aromatic carbocycles. The number of nitrogen functional groups attached to an aromatic ring is 1. The number of carbonyl (C=O) groups is 3. The number of alkyl halides is 3. The highest BCUT2D eigenvalue weighted by Gasteiger charge is 2.63. The molecule has 3 aliphatic rings. The van der Waals surface area contributed by atoms with Gasteiger partial charge in [-0.3, -0.25) is 19.3 Å². The Morgan fingerprint density at radius 1 is 1.21 bits per heavy atom. The largest absolute Gasteiger partial charge is 0.534 e. The number of phenols is 1. The number of hydrogen-bond acceptors (Lipinski definition) is 12. The summed E-state index contributed by atoms with van der Waals surface area (Å²) < 4.78 is 65.6. The van der Waals surface area contributed by atoms with Gasteiger partial charge in [0.05, 0.1) is 11.6 Å². The maximum atomic E-state index is 13.5. The van der Waals surface area contributed by atoms with E-state index in [-0.39, 0.29) is 18.4 Å². The third-order valence-electron chi connectivity index (χ3n) is 7.20. The first-order valence-electron chi connectivity index (χ1n) is 11.1. The maximum absolute atomic E-state index is 13.5. The van der Waals surface area contributed by atoms with E-state index in [1.54, 1.807) is 0 Å². The number of allylic oxidation sites excluding steroid dienone is 1. The first-order chi connectivity index (χ1) is 17.8. The summed E-state index contributed by atoms with van der Waals surface area (Å²) in [5.74, 6) is -10.6. The number of ketones is 2. The van der Waals surface area contributed by atoms with Crippen molar-refractivity contribution in [2.24, 2.45) is 17.6 Å². The number of benzene rings is 1. The number of aliphatic hydroxyl groups excluding tert-OH is 2. The van der Waals surface area contributed by atoms with Crippen molar-refractivity contribution in [3.05, 3.63) is 39.9 Å². The maximum Gasteiger partial charge on any atom is 0.534 e. The van der Waals surface area contributed by atoms with Crippen molar-refractivity contribution in [1.29, 1.82) is 0 Å². The van der Waals surface area contributed by atoms with Gasteiger partial charge in [-0.05, 0) is 44.5 Å². The molecule has 212 valence electrons. The number of hydrogen-bond donors (Lipinski definition) is 6. The summed E-state index contributed by atoms with van der Waals surface area (Å²) in [5, 5.41) is 43.9. The Morgan fingerprint density at radius 3 is 2.31 bits per heavy atom. The highest BCUT2D eigenvalue weighted by Crippen LogP contribution is 2.53. The average molecular weight is 577 g/mol. The van der Waals surface area contributed by atoms with E-state index in [1.165, 1.54) is 19.0 Å². The van der Waals surface area contributed by atoms with Gasteiger partial charge in [-0.15, -0.1) is 0 Å². The van der Waals surface area contributed by atoms with Crippen molar-refractivity contribution in [2.45, 2.75) is 30.0 Å². The number of anilines is 1. The van der Waals surface area contributed by atoms with E-state index in [1.807, 2.05) is 0 Å². The van der Waals surface area contributed by atoms with Crippen LogP contribution in [0.2, 0.25) is 0 Å². The van der Waals surface area contributed by atoms with Crippen LogP contribution in [0, 0.1) is 11.8 Å². The van der Waals surface area contributed by atoms with Crippen LogP contribution in [0.3, 0.4) is 0 Å². The number of carbonyl (C=O) groups excluding carboxylic acids is 3. The van der Waals surface area contributed by atoms with Crippen LogP contribution in [0.25, 0.3) is 0 Å². The highest BCUT2D eigenvalue weighted by molar-refractivity contribution is 7.88. The summed E-state index contributed by atoms with van der Waals surface area (Å²) in [7, 11) is -3.34. The lowest BCUT2D eigenvalue weighted by Crippen LogP contribution is -2.63. The lowest BCUT2D eigenvalue weighted by Gasteiger charge is -2.50. The van der Waals surface area contributed by atoms with Gasteiger partial charge < -0.3 is 36.1 Å². The van der Waals surface area contributed by atoms with E-state index < -0.39 is 102 Å². The second kappa shape index (κ2) is 8.59. The minimum Gasteiger partial charge on any atom is -0.510 e. The quantitative estimate of drug-likeness (QED) is 0.0908. The second-order valence-electron chi connectivity index (χ2n) is 9.62. The van der Waals surface area contributed by atoms with E-state index in [4.69, 9.17) is 11.5 Å². The fourth-order valence-corrected chi connectivity index (χ4v) is 6.00. The second-order valence-corrected chi connectivity index (χ2v) is 11.2. The number of Topliss-reactive ketones (excluding diaryl/α,β-unsaturated/α-hetero) is 2. The summed E-state index contributed by atoms with van der Waals surface area (Å²) in [6.45, 7) is 0. The van der Waals surface area contributed by atoms with Crippen molar-refractivity contribution >= 4 is 33.3 Å².